The van der Waals surface area contributed by atoms with Crippen LogP contribution in [-0.2, 0) is 0 Å². The normalized spacial score (nSPS) is 9.93. The third kappa shape index (κ3) is 2.29. The van der Waals surface area contributed by atoms with E-state index in [1.165, 1.54) is 4.90 Å². The molecule has 0 aromatic carbocycles. The molecule has 0 bridgehead atoms. The smallest absolute Gasteiger partial charge is 0.255 e. The predicted octanol–water partition coefficient (Wildman–Crippen LogP) is 0.454. The molecular weight excluding hydrogens is 180 g/mol. The standard InChI is InChI=1S/C10H14N2O2/c1-8-9(4-3-5-11-8)10(14)12(2)6-7-13/h3-5,13H,6-7H2,1-2H3. The minimum Gasteiger partial charge on any atom is -0.395 e. The van der Waals surface area contributed by atoms with E-state index < -0.39 is 0 Å². The van der Waals surface area contributed by atoms with Crippen LogP contribution in [0.3, 0.4) is 0 Å². The number of aromatic nitrogens is 1. The zero-order chi connectivity index (χ0) is 10.6. The van der Waals surface area contributed by atoms with E-state index in [-0.39, 0.29) is 12.5 Å². The number of hydrogen-bond donors (Lipinski definition) is 1. The molecule has 76 valence electrons. The number of aliphatic hydroxyl groups is 1. The van der Waals surface area contributed by atoms with Crippen molar-refractivity contribution in [2.24, 2.45) is 0 Å². The molecule has 0 atom stereocenters. The van der Waals surface area contributed by atoms with Crippen LogP contribution in [0.15, 0.2) is 18.3 Å². The number of pyridine rings is 1. The zero-order valence-electron chi connectivity index (χ0n) is 8.40. The van der Waals surface area contributed by atoms with Gasteiger partial charge in [0.25, 0.3) is 5.91 Å². The Balaban J connectivity index is 2.84. The van der Waals surface area contributed by atoms with E-state index in [4.69, 9.17) is 5.11 Å². The van der Waals surface area contributed by atoms with E-state index in [1.807, 2.05) is 0 Å². The van der Waals surface area contributed by atoms with Gasteiger partial charge >= 0.3 is 0 Å². The van der Waals surface area contributed by atoms with Crippen molar-refractivity contribution >= 4 is 5.91 Å². The highest BCUT2D eigenvalue weighted by Gasteiger charge is 2.13. The maximum Gasteiger partial charge on any atom is 0.255 e. The fourth-order valence-corrected chi connectivity index (χ4v) is 1.17. The van der Waals surface area contributed by atoms with E-state index in [1.54, 1.807) is 32.3 Å². The molecule has 4 nitrogen and oxygen atoms in total. The first kappa shape index (κ1) is 10.7. The average molecular weight is 194 g/mol. The quantitative estimate of drug-likeness (QED) is 0.760. The van der Waals surface area contributed by atoms with Crippen molar-refractivity contribution in [1.82, 2.24) is 9.88 Å². The molecule has 0 radical (unpaired) electrons. The number of amides is 1. The van der Waals surface area contributed by atoms with Crippen LogP contribution in [0.1, 0.15) is 16.1 Å². The van der Waals surface area contributed by atoms with E-state index >= 15 is 0 Å². The third-order valence-electron chi connectivity index (χ3n) is 2.02. The number of hydrogen-bond acceptors (Lipinski definition) is 3. The lowest BCUT2D eigenvalue weighted by molar-refractivity contribution is 0.0766. The van der Waals surface area contributed by atoms with Gasteiger partial charge in [-0.1, -0.05) is 0 Å². The van der Waals surface area contributed by atoms with E-state index in [2.05, 4.69) is 4.98 Å². The summed E-state index contributed by atoms with van der Waals surface area (Å²) in [4.78, 5) is 17.2. The second-order valence-corrected chi connectivity index (χ2v) is 3.09. The topological polar surface area (TPSA) is 53.4 Å². The van der Waals surface area contributed by atoms with Gasteiger partial charge in [-0.15, -0.1) is 0 Å². The molecule has 1 N–H and O–H groups in total. The fourth-order valence-electron chi connectivity index (χ4n) is 1.17. The van der Waals surface area contributed by atoms with Gasteiger partial charge in [0.2, 0.25) is 0 Å². The summed E-state index contributed by atoms with van der Waals surface area (Å²) in [6.07, 6.45) is 1.65. The van der Waals surface area contributed by atoms with Crippen LogP contribution in [0, 0.1) is 6.92 Å². The Morgan fingerprint density at radius 3 is 2.93 bits per heavy atom. The Labute approximate surface area is 83.2 Å². The maximum atomic E-state index is 11.7. The summed E-state index contributed by atoms with van der Waals surface area (Å²) in [5, 5.41) is 8.69. The summed E-state index contributed by atoms with van der Waals surface area (Å²) in [7, 11) is 1.66. The van der Waals surface area contributed by atoms with Gasteiger partial charge in [0.15, 0.2) is 0 Å². The molecule has 0 unspecified atom stereocenters. The van der Waals surface area contributed by atoms with Crippen LogP contribution in [0.4, 0.5) is 0 Å². The second kappa shape index (κ2) is 4.72. The van der Waals surface area contributed by atoms with Gasteiger partial charge in [0.1, 0.15) is 0 Å². The molecule has 0 saturated heterocycles. The first-order valence-electron chi connectivity index (χ1n) is 4.44. The van der Waals surface area contributed by atoms with Crippen LogP contribution >= 0.6 is 0 Å². The van der Waals surface area contributed by atoms with E-state index in [9.17, 15) is 4.79 Å². The minimum absolute atomic E-state index is 0.0262. The Bertz CT molecular complexity index is 326. The second-order valence-electron chi connectivity index (χ2n) is 3.09. The molecule has 0 aliphatic heterocycles. The van der Waals surface area contributed by atoms with E-state index in [0.29, 0.717) is 17.8 Å². The highest BCUT2D eigenvalue weighted by Crippen LogP contribution is 2.06. The summed E-state index contributed by atoms with van der Waals surface area (Å²) in [6.45, 7) is 2.11. The van der Waals surface area contributed by atoms with Crippen molar-refractivity contribution in [2.45, 2.75) is 6.92 Å². The Morgan fingerprint density at radius 2 is 2.36 bits per heavy atom. The number of aliphatic hydroxyl groups excluding tert-OH is 1. The summed E-state index contributed by atoms with van der Waals surface area (Å²) < 4.78 is 0. The number of likely N-dealkylation sites (N-methyl/N-ethyl adjacent to an activating group) is 1. The SMILES string of the molecule is Cc1ncccc1C(=O)N(C)CCO. The van der Waals surface area contributed by atoms with Crippen LogP contribution in [0.2, 0.25) is 0 Å². The van der Waals surface area contributed by atoms with Crippen LogP contribution in [0.25, 0.3) is 0 Å². The summed E-state index contributed by atoms with van der Waals surface area (Å²) >= 11 is 0. The van der Waals surface area contributed by atoms with Crippen LogP contribution < -0.4 is 0 Å². The molecule has 1 aromatic heterocycles. The highest BCUT2D eigenvalue weighted by molar-refractivity contribution is 5.94. The predicted molar refractivity (Wildman–Crippen MR) is 53.0 cm³/mol. The van der Waals surface area contributed by atoms with Gasteiger partial charge in [-0.25, -0.2) is 0 Å². The van der Waals surface area contributed by atoms with E-state index in [0.717, 1.165) is 0 Å². The Hall–Kier alpha value is -1.42. The van der Waals surface area contributed by atoms with Gasteiger partial charge in [-0.2, -0.15) is 0 Å². The van der Waals surface area contributed by atoms with Gasteiger partial charge in [0, 0.05) is 25.5 Å². The molecule has 0 fully saturated rings. The molecule has 0 aliphatic carbocycles. The maximum absolute atomic E-state index is 11.7. The number of rotatable bonds is 3. The van der Waals surface area contributed by atoms with Gasteiger partial charge in [0.05, 0.1) is 12.2 Å². The lowest BCUT2D eigenvalue weighted by Crippen LogP contribution is -2.30. The molecule has 1 amide bonds. The summed E-state index contributed by atoms with van der Waals surface area (Å²) in [5.41, 5.74) is 1.30. The van der Waals surface area contributed by atoms with Crippen molar-refractivity contribution in [2.75, 3.05) is 20.2 Å². The van der Waals surface area contributed by atoms with Crippen molar-refractivity contribution in [1.29, 1.82) is 0 Å². The van der Waals surface area contributed by atoms with Gasteiger partial charge < -0.3 is 10.0 Å². The summed E-state index contributed by atoms with van der Waals surface area (Å²) in [5.74, 6) is -0.107. The minimum atomic E-state index is -0.107. The molecule has 14 heavy (non-hydrogen) atoms. The summed E-state index contributed by atoms with van der Waals surface area (Å²) in [6, 6.07) is 3.46. The van der Waals surface area contributed by atoms with Gasteiger partial charge in [-0.05, 0) is 19.1 Å². The van der Waals surface area contributed by atoms with Crippen LogP contribution in [0.5, 0.6) is 0 Å². The molecule has 1 rings (SSSR count). The first-order valence-corrected chi connectivity index (χ1v) is 4.44. The van der Waals surface area contributed by atoms with Crippen molar-refractivity contribution in [3.63, 3.8) is 0 Å². The first-order chi connectivity index (χ1) is 6.66. The molecule has 0 spiro atoms. The van der Waals surface area contributed by atoms with Gasteiger partial charge in [-0.3, -0.25) is 9.78 Å². The monoisotopic (exact) mass is 194 g/mol. The molecule has 1 heterocycles. The molecule has 1 aromatic rings. The largest absolute Gasteiger partial charge is 0.395 e. The fraction of sp³-hybridized carbons (Fsp3) is 0.400. The lowest BCUT2D eigenvalue weighted by atomic mass is 10.2. The molecular formula is C10H14N2O2. The number of carbonyl (C=O) groups excluding carboxylic acids is 1. The highest BCUT2D eigenvalue weighted by atomic mass is 16.3. The number of nitrogens with zero attached hydrogens (tertiary/aromatic N) is 2. The molecule has 0 aliphatic rings. The molecule has 4 heteroatoms. The van der Waals surface area contributed by atoms with Crippen molar-refractivity contribution in [3.05, 3.63) is 29.6 Å². The number of carbonyl (C=O) groups is 1. The lowest BCUT2D eigenvalue weighted by Gasteiger charge is -2.16. The third-order valence-corrected chi connectivity index (χ3v) is 2.02. The number of aryl methyl sites for hydroxylation is 1. The Kier molecular flexibility index (Phi) is 3.59. The zero-order valence-corrected chi connectivity index (χ0v) is 8.40. The average Bonchev–Trinajstić information content (AvgIpc) is 2.18. The molecule has 0 saturated carbocycles. The Morgan fingerprint density at radius 1 is 1.64 bits per heavy atom. The van der Waals surface area contributed by atoms with Crippen LogP contribution in [-0.4, -0.2) is 41.1 Å². The van der Waals surface area contributed by atoms with Crippen molar-refractivity contribution in [3.8, 4) is 0 Å². The van der Waals surface area contributed by atoms with Crippen molar-refractivity contribution < 1.29 is 9.90 Å².